The fraction of sp³-hybridized carbons (Fsp3) is 0.625. The quantitative estimate of drug-likeness (QED) is 0.477. The number of hydrogen-bond acceptors (Lipinski definition) is 2. The molecule has 10 heavy (non-hydrogen) atoms. The Morgan fingerprint density at radius 3 is 3.00 bits per heavy atom. The van der Waals surface area contributed by atoms with Crippen LogP contribution in [0.4, 0.5) is 0 Å². The monoisotopic (exact) mass is 140 g/mol. The first-order chi connectivity index (χ1) is 4.68. The Balaban J connectivity index is 2.60. The van der Waals surface area contributed by atoms with Crippen molar-refractivity contribution in [3.63, 3.8) is 0 Å². The van der Waals surface area contributed by atoms with Crippen LogP contribution in [0.25, 0.3) is 0 Å². The van der Waals surface area contributed by atoms with Crippen molar-refractivity contribution in [2.24, 2.45) is 5.92 Å². The van der Waals surface area contributed by atoms with Gasteiger partial charge < -0.3 is 4.74 Å². The van der Waals surface area contributed by atoms with Gasteiger partial charge in [0.25, 0.3) is 0 Å². The summed E-state index contributed by atoms with van der Waals surface area (Å²) < 4.78 is 4.96. The first-order valence-corrected chi connectivity index (χ1v) is 3.57. The van der Waals surface area contributed by atoms with Gasteiger partial charge >= 0.3 is 5.97 Å². The summed E-state index contributed by atoms with van der Waals surface area (Å²) in [6, 6.07) is 0. The minimum Gasteiger partial charge on any atom is -0.459 e. The van der Waals surface area contributed by atoms with E-state index in [-0.39, 0.29) is 12.1 Å². The normalized spacial score (nSPS) is 33.2. The van der Waals surface area contributed by atoms with Gasteiger partial charge in [0, 0.05) is 6.08 Å². The number of ether oxygens (including phenoxy) is 1. The van der Waals surface area contributed by atoms with Crippen molar-refractivity contribution in [1.82, 2.24) is 0 Å². The topological polar surface area (TPSA) is 26.3 Å². The molecule has 0 saturated carbocycles. The summed E-state index contributed by atoms with van der Waals surface area (Å²) in [5.41, 5.74) is 0. The van der Waals surface area contributed by atoms with Crippen molar-refractivity contribution >= 4 is 5.97 Å². The van der Waals surface area contributed by atoms with Crippen LogP contribution >= 0.6 is 0 Å². The minimum atomic E-state index is -0.211. The van der Waals surface area contributed by atoms with Gasteiger partial charge in [0.15, 0.2) is 0 Å². The van der Waals surface area contributed by atoms with E-state index in [1.54, 1.807) is 0 Å². The highest BCUT2D eigenvalue weighted by molar-refractivity contribution is 5.82. The van der Waals surface area contributed by atoms with E-state index in [9.17, 15) is 4.79 Å². The average Bonchev–Trinajstić information content (AvgIpc) is 1.93. The number of carbonyl (C=O) groups excluding carboxylic acids is 1. The summed E-state index contributed by atoms with van der Waals surface area (Å²) in [6.45, 7) is 4.00. The fourth-order valence-electron chi connectivity index (χ4n) is 1.13. The summed E-state index contributed by atoms with van der Waals surface area (Å²) in [5, 5.41) is 0. The molecular weight excluding hydrogens is 128 g/mol. The highest BCUT2D eigenvalue weighted by atomic mass is 16.5. The third-order valence-electron chi connectivity index (χ3n) is 1.58. The van der Waals surface area contributed by atoms with E-state index in [0.29, 0.717) is 5.92 Å². The Kier molecular flexibility index (Phi) is 2.10. The van der Waals surface area contributed by atoms with Crippen LogP contribution in [0.1, 0.15) is 20.3 Å². The maximum atomic E-state index is 10.7. The zero-order valence-corrected chi connectivity index (χ0v) is 6.33. The highest BCUT2D eigenvalue weighted by Crippen LogP contribution is 2.13. The van der Waals surface area contributed by atoms with Crippen LogP contribution in [-0.2, 0) is 9.53 Å². The second-order valence-electron chi connectivity index (χ2n) is 2.82. The largest absolute Gasteiger partial charge is 0.459 e. The zero-order chi connectivity index (χ0) is 7.56. The van der Waals surface area contributed by atoms with Gasteiger partial charge in [-0.3, -0.25) is 0 Å². The van der Waals surface area contributed by atoms with Crippen molar-refractivity contribution in [3.05, 3.63) is 12.2 Å². The second-order valence-corrected chi connectivity index (χ2v) is 2.82. The Morgan fingerprint density at radius 2 is 2.30 bits per heavy atom. The molecule has 0 spiro atoms. The number of esters is 1. The molecule has 0 fully saturated rings. The molecule has 1 aliphatic rings. The summed E-state index contributed by atoms with van der Waals surface area (Å²) in [6.07, 6.45) is 4.40. The van der Waals surface area contributed by atoms with E-state index in [4.69, 9.17) is 4.74 Å². The maximum absolute atomic E-state index is 10.7. The number of cyclic esters (lactones) is 1. The molecular formula is C8H12O2. The molecule has 0 aromatic heterocycles. The van der Waals surface area contributed by atoms with E-state index in [1.165, 1.54) is 6.08 Å². The van der Waals surface area contributed by atoms with Crippen LogP contribution < -0.4 is 0 Å². The Morgan fingerprint density at radius 1 is 1.60 bits per heavy atom. The number of hydrogen-bond donors (Lipinski definition) is 0. The van der Waals surface area contributed by atoms with Gasteiger partial charge in [-0.15, -0.1) is 0 Å². The SMILES string of the molecule is CC1C=CC(=O)OC(C)C1. The Bertz CT molecular complexity index is 161. The second kappa shape index (κ2) is 2.86. The molecule has 56 valence electrons. The molecule has 1 heterocycles. The van der Waals surface area contributed by atoms with Crippen molar-refractivity contribution in [2.75, 3.05) is 0 Å². The molecule has 0 aromatic carbocycles. The van der Waals surface area contributed by atoms with Crippen LogP contribution in [0, 0.1) is 5.92 Å². The lowest BCUT2D eigenvalue weighted by molar-refractivity contribution is -0.142. The van der Waals surface area contributed by atoms with E-state index in [0.717, 1.165) is 6.42 Å². The van der Waals surface area contributed by atoms with Crippen molar-refractivity contribution in [3.8, 4) is 0 Å². The van der Waals surface area contributed by atoms with Gasteiger partial charge in [0.1, 0.15) is 0 Å². The van der Waals surface area contributed by atoms with Gasteiger partial charge in [-0.1, -0.05) is 13.0 Å². The molecule has 2 nitrogen and oxygen atoms in total. The molecule has 0 amide bonds. The molecule has 2 unspecified atom stereocenters. The third-order valence-corrected chi connectivity index (χ3v) is 1.58. The van der Waals surface area contributed by atoms with Gasteiger partial charge in [-0.25, -0.2) is 4.79 Å². The van der Waals surface area contributed by atoms with Crippen molar-refractivity contribution < 1.29 is 9.53 Å². The summed E-state index contributed by atoms with van der Waals surface area (Å²) in [5.74, 6) is 0.248. The van der Waals surface area contributed by atoms with Gasteiger partial charge in [0.2, 0.25) is 0 Å². The lowest BCUT2D eigenvalue weighted by Gasteiger charge is -2.10. The predicted octanol–water partition coefficient (Wildman–Crippen LogP) is 1.51. The predicted molar refractivity (Wildman–Crippen MR) is 38.5 cm³/mol. The highest BCUT2D eigenvalue weighted by Gasteiger charge is 2.13. The smallest absolute Gasteiger partial charge is 0.330 e. The molecule has 0 N–H and O–H groups in total. The Labute approximate surface area is 60.9 Å². The van der Waals surface area contributed by atoms with E-state index in [1.807, 2.05) is 13.0 Å². The first-order valence-electron chi connectivity index (χ1n) is 3.57. The molecule has 2 heteroatoms. The van der Waals surface area contributed by atoms with Gasteiger partial charge in [0.05, 0.1) is 6.10 Å². The van der Waals surface area contributed by atoms with Crippen molar-refractivity contribution in [2.45, 2.75) is 26.4 Å². The first kappa shape index (κ1) is 7.32. The molecule has 0 bridgehead atoms. The van der Waals surface area contributed by atoms with E-state index < -0.39 is 0 Å². The zero-order valence-electron chi connectivity index (χ0n) is 6.33. The number of carbonyl (C=O) groups is 1. The molecule has 2 atom stereocenters. The standard InChI is InChI=1S/C8H12O2/c1-6-3-4-8(9)10-7(2)5-6/h3-4,6-7H,5H2,1-2H3. The number of rotatable bonds is 0. The minimum absolute atomic E-state index is 0.0671. The van der Waals surface area contributed by atoms with Gasteiger partial charge in [-0.05, 0) is 19.3 Å². The van der Waals surface area contributed by atoms with Crippen LogP contribution in [0.5, 0.6) is 0 Å². The molecule has 1 aliphatic heterocycles. The molecule has 1 rings (SSSR count). The van der Waals surface area contributed by atoms with Crippen molar-refractivity contribution in [1.29, 1.82) is 0 Å². The third kappa shape index (κ3) is 1.87. The van der Waals surface area contributed by atoms with E-state index >= 15 is 0 Å². The van der Waals surface area contributed by atoms with Crippen LogP contribution in [0.2, 0.25) is 0 Å². The molecule has 0 aliphatic carbocycles. The Hall–Kier alpha value is -0.790. The molecule has 0 saturated heterocycles. The summed E-state index contributed by atoms with van der Waals surface area (Å²) >= 11 is 0. The average molecular weight is 140 g/mol. The lowest BCUT2D eigenvalue weighted by Crippen LogP contribution is -2.12. The van der Waals surface area contributed by atoms with Crippen LogP contribution in [-0.4, -0.2) is 12.1 Å². The van der Waals surface area contributed by atoms with E-state index in [2.05, 4.69) is 6.92 Å². The fourth-order valence-corrected chi connectivity index (χ4v) is 1.13. The van der Waals surface area contributed by atoms with Crippen LogP contribution in [0.3, 0.4) is 0 Å². The molecule has 0 radical (unpaired) electrons. The van der Waals surface area contributed by atoms with Crippen LogP contribution in [0.15, 0.2) is 12.2 Å². The summed E-state index contributed by atoms with van der Waals surface area (Å²) in [7, 11) is 0. The molecule has 0 aromatic rings. The summed E-state index contributed by atoms with van der Waals surface area (Å²) in [4.78, 5) is 10.7. The number of allylic oxidation sites excluding steroid dienone is 1. The van der Waals surface area contributed by atoms with Gasteiger partial charge in [-0.2, -0.15) is 0 Å². The lowest BCUT2D eigenvalue weighted by atomic mass is 10.1. The maximum Gasteiger partial charge on any atom is 0.330 e.